The summed E-state index contributed by atoms with van der Waals surface area (Å²) in [6.07, 6.45) is -0.499. The number of hydrogen-bond donors (Lipinski definition) is 1. The number of ether oxygens (including phenoxy) is 1. The van der Waals surface area contributed by atoms with Gasteiger partial charge in [0.1, 0.15) is 15.8 Å². The van der Waals surface area contributed by atoms with Gasteiger partial charge in [-0.2, -0.15) is 13.2 Å². The monoisotopic (exact) mass is 447 g/mol. The van der Waals surface area contributed by atoms with Crippen molar-refractivity contribution in [1.82, 2.24) is 4.98 Å². The first kappa shape index (κ1) is 21.9. The van der Waals surface area contributed by atoms with Gasteiger partial charge in [0, 0.05) is 18.0 Å². The first-order valence-electron chi connectivity index (χ1n) is 8.86. The highest BCUT2D eigenvalue weighted by atomic mass is 32.2. The minimum Gasteiger partial charge on any atom is -0.466 e. The summed E-state index contributed by atoms with van der Waals surface area (Å²) >= 11 is 1.09. The number of benzene rings is 1. The summed E-state index contributed by atoms with van der Waals surface area (Å²) in [5.41, 5.74) is -1.55. The van der Waals surface area contributed by atoms with Crippen LogP contribution < -0.4 is 4.74 Å². The van der Waals surface area contributed by atoms with Crippen molar-refractivity contribution in [3.63, 3.8) is 0 Å². The number of sulfone groups is 1. The summed E-state index contributed by atoms with van der Waals surface area (Å²) in [5.74, 6) is -0.542. The Kier molecular flexibility index (Phi) is 6.16. The molecule has 10 heteroatoms. The molecule has 0 spiro atoms. The number of nitrogens with zero attached hydrogens (tertiary/aromatic N) is 1. The Hall–Kier alpha value is -1.78. The van der Waals surface area contributed by atoms with Gasteiger partial charge in [0.15, 0.2) is 9.84 Å². The summed E-state index contributed by atoms with van der Waals surface area (Å²) in [5, 5.41) is 10.4. The molecule has 1 N–H and O–H groups in total. The molecule has 1 fully saturated rings. The molecule has 5 nitrogen and oxygen atoms in total. The van der Waals surface area contributed by atoms with E-state index in [0.29, 0.717) is 19.0 Å². The van der Waals surface area contributed by atoms with Gasteiger partial charge < -0.3 is 9.84 Å². The molecule has 0 atom stereocenters. The van der Waals surface area contributed by atoms with Crippen molar-refractivity contribution in [2.75, 3.05) is 12.2 Å². The fourth-order valence-electron chi connectivity index (χ4n) is 3.30. The van der Waals surface area contributed by atoms with Crippen molar-refractivity contribution < 1.29 is 31.4 Å². The SMILES string of the molecule is CS(=O)(=O)c1c(OCSC2(O)CCCC2)ncc(C(F)(F)F)c1-c1ccccc1. The Balaban J connectivity index is 2.07. The molecule has 1 aliphatic rings. The second-order valence-corrected chi connectivity index (χ2v) is 10.1. The Morgan fingerprint density at radius 1 is 1.21 bits per heavy atom. The van der Waals surface area contributed by atoms with Crippen molar-refractivity contribution >= 4 is 21.6 Å². The molecule has 0 bridgehead atoms. The van der Waals surface area contributed by atoms with Gasteiger partial charge in [-0.25, -0.2) is 13.4 Å². The van der Waals surface area contributed by atoms with Crippen molar-refractivity contribution in [2.24, 2.45) is 0 Å². The zero-order valence-corrected chi connectivity index (χ0v) is 17.2. The van der Waals surface area contributed by atoms with Gasteiger partial charge in [0.25, 0.3) is 0 Å². The van der Waals surface area contributed by atoms with Gasteiger partial charge in [-0.3, -0.25) is 0 Å². The molecule has 0 unspecified atom stereocenters. The first-order valence-corrected chi connectivity index (χ1v) is 11.7. The van der Waals surface area contributed by atoms with Crippen LogP contribution in [0, 0.1) is 0 Å². The third kappa shape index (κ3) is 5.04. The lowest BCUT2D eigenvalue weighted by Crippen LogP contribution is -2.21. The van der Waals surface area contributed by atoms with Gasteiger partial charge in [-0.05, 0) is 31.2 Å². The number of halogens is 3. The number of aliphatic hydroxyl groups is 1. The maximum Gasteiger partial charge on any atom is 0.418 e. The Bertz CT molecular complexity index is 973. The summed E-state index contributed by atoms with van der Waals surface area (Å²) in [6.45, 7) is 0. The summed E-state index contributed by atoms with van der Waals surface area (Å²) in [6, 6.07) is 7.47. The van der Waals surface area contributed by atoms with Crippen LogP contribution in [0.15, 0.2) is 41.4 Å². The molecule has 1 heterocycles. The molecule has 0 amide bonds. The molecule has 29 heavy (non-hydrogen) atoms. The number of pyridine rings is 1. The van der Waals surface area contributed by atoms with Gasteiger partial charge in [-0.15, -0.1) is 0 Å². The van der Waals surface area contributed by atoms with E-state index in [9.17, 15) is 26.7 Å². The van der Waals surface area contributed by atoms with Gasteiger partial charge in [0.2, 0.25) is 5.88 Å². The van der Waals surface area contributed by atoms with Gasteiger partial charge in [0.05, 0.1) is 5.56 Å². The van der Waals surface area contributed by atoms with Crippen LogP contribution in [0.4, 0.5) is 13.2 Å². The predicted molar refractivity (Wildman–Crippen MR) is 104 cm³/mol. The predicted octanol–water partition coefficient (Wildman–Crippen LogP) is 4.50. The largest absolute Gasteiger partial charge is 0.466 e. The fourth-order valence-corrected chi connectivity index (χ4v) is 5.29. The first-order chi connectivity index (χ1) is 13.5. The maximum absolute atomic E-state index is 13.6. The average molecular weight is 448 g/mol. The highest BCUT2D eigenvalue weighted by Gasteiger charge is 2.39. The summed E-state index contributed by atoms with van der Waals surface area (Å²) in [7, 11) is -4.12. The van der Waals surface area contributed by atoms with Crippen molar-refractivity contribution in [3.05, 3.63) is 42.1 Å². The van der Waals surface area contributed by atoms with Crippen LogP contribution >= 0.6 is 11.8 Å². The van der Waals surface area contributed by atoms with Gasteiger partial charge in [-0.1, -0.05) is 42.1 Å². The zero-order chi connectivity index (χ0) is 21.3. The van der Waals surface area contributed by atoms with Crippen LogP contribution in [0.25, 0.3) is 11.1 Å². The van der Waals surface area contributed by atoms with E-state index in [1.807, 2.05) is 0 Å². The quantitative estimate of drug-likeness (QED) is 0.657. The Morgan fingerprint density at radius 2 is 1.83 bits per heavy atom. The molecule has 1 aromatic heterocycles. The molecule has 3 rings (SSSR count). The lowest BCUT2D eigenvalue weighted by molar-refractivity contribution is -0.137. The van der Waals surface area contributed by atoms with E-state index >= 15 is 0 Å². The average Bonchev–Trinajstić information content (AvgIpc) is 3.06. The van der Waals surface area contributed by atoms with Crippen molar-refractivity contribution in [1.29, 1.82) is 0 Å². The highest BCUT2D eigenvalue weighted by Crippen LogP contribution is 2.44. The molecule has 1 aliphatic carbocycles. The van der Waals surface area contributed by atoms with E-state index in [-0.39, 0.29) is 11.5 Å². The fraction of sp³-hybridized carbons (Fsp3) is 0.421. The number of aromatic nitrogens is 1. The van der Waals surface area contributed by atoms with E-state index in [4.69, 9.17) is 4.74 Å². The van der Waals surface area contributed by atoms with Gasteiger partial charge >= 0.3 is 6.18 Å². The number of rotatable bonds is 6. The third-order valence-corrected chi connectivity index (χ3v) is 6.95. The van der Waals surface area contributed by atoms with E-state index in [1.54, 1.807) is 6.07 Å². The molecule has 1 aromatic carbocycles. The minimum atomic E-state index is -4.80. The van der Waals surface area contributed by atoms with E-state index in [2.05, 4.69) is 4.98 Å². The van der Waals surface area contributed by atoms with E-state index < -0.39 is 42.8 Å². The highest BCUT2D eigenvalue weighted by molar-refractivity contribution is 8.00. The molecule has 0 aliphatic heterocycles. The van der Waals surface area contributed by atoms with Crippen LogP contribution in [0.1, 0.15) is 31.2 Å². The van der Waals surface area contributed by atoms with Crippen LogP contribution in [0.2, 0.25) is 0 Å². The lowest BCUT2D eigenvalue weighted by atomic mass is 10.0. The standard InChI is InChI=1S/C19H20F3NO4S2/c1-29(25,26)16-15(13-7-3-2-4-8-13)14(19(20,21)22)11-23-17(16)27-12-28-18(24)9-5-6-10-18/h2-4,7-8,11,24H,5-6,9-10,12H2,1H3. The van der Waals surface area contributed by atoms with Crippen molar-refractivity contribution in [2.45, 2.75) is 41.7 Å². The minimum absolute atomic E-state index is 0.0922. The molecular weight excluding hydrogens is 427 g/mol. The second kappa shape index (κ2) is 8.16. The number of hydrogen-bond acceptors (Lipinski definition) is 6. The normalized spacial score (nSPS) is 16.7. The number of thioether (sulfide) groups is 1. The van der Waals surface area contributed by atoms with E-state index in [1.165, 1.54) is 24.3 Å². The molecule has 158 valence electrons. The Labute approximate surface area is 171 Å². The smallest absolute Gasteiger partial charge is 0.418 e. The van der Waals surface area contributed by atoms with Crippen LogP contribution in [0.5, 0.6) is 5.88 Å². The second-order valence-electron chi connectivity index (χ2n) is 6.88. The number of alkyl halides is 3. The Morgan fingerprint density at radius 3 is 2.38 bits per heavy atom. The van der Waals surface area contributed by atoms with E-state index in [0.717, 1.165) is 30.9 Å². The summed E-state index contributed by atoms with van der Waals surface area (Å²) < 4.78 is 71.3. The molecule has 0 saturated heterocycles. The molecule has 2 aromatic rings. The third-order valence-electron chi connectivity index (χ3n) is 4.65. The molecular formula is C19H20F3NO4S2. The molecule has 0 radical (unpaired) electrons. The summed E-state index contributed by atoms with van der Waals surface area (Å²) in [4.78, 5) is 2.08. The van der Waals surface area contributed by atoms with Crippen LogP contribution in [-0.4, -0.2) is 35.6 Å². The zero-order valence-electron chi connectivity index (χ0n) is 15.6. The van der Waals surface area contributed by atoms with Crippen molar-refractivity contribution in [3.8, 4) is 17.0 Å². The van der Waals surface area contributed by atoms with Crippen LogP contribution in [0.3, 0.4) is 0 Å². The van der Waals surface area contributed by atoms with Crippen LogP contribution in [-0.2, 0) is 16.0 Å². The lowest BCUT2D eigenvalue weighted by Gasteiger charge is -2.22. The maximum atomic E-state index is 13.6. The molecule has 1 saturated carbocycles. The topological polar surface area (TPSA) is 76.5 Å².